The van der Waals surface area contributed by atoms with Crippen molar-refractivity contribution >= 4 is 12.0 Å². The predicted molar refractivity (Wildman–Crippen MR) is 76.5 cm³/mol. The number of hydrogen-bond donors (Lipinski definition) is 3. The van der Waals surface area contributed by atoms with Gasteiger partial charge in [-0.2, -0.15) is 0 Å². The minimum atomic E-state index is -0.770. The van der Waals surface area contributed by atoms with E-state index in [4.69, 9.17) is 5.11 Å². The zero-order chi connectivity index (χ0) is 14.6. The van der Waals surface area contributed by atoms with Gasteiger partial charge >= 0.3 is 12.0 Å². The molecule has 0 saturated heterocycles. The molecule has 0 spiro atoms. The second-order valence-electron chi connectivity index (χ2n) is 6.71. The quantitative estimate of drug-likeness (QED) is 0.725. The first kappa shape index (κ1) is 15.1. The van der Waals surface area contributed by atoms with Crippen LogP contribution in [0.4, 0.5) is 4.79 Å². The van der Waals surface area contributed by atoms with E-state index in [1.54, 1.807) is 0 Å². The first-order valence-corrected chi connectivity index (χ1v) is 7.75. The molecule has 0 radical (unpaired) electrons. The first-order valence-electron chi connectivity index (χ1n) is 7.75. The van der Waals surface area contributed by atoms with E-state index in [0.29, 0.717) is 6.54 Å². The van der Waals surface area contributed by atoms with Crippen molar-refractivity contribution in [2.45, 2.75) is 64.3 Å². The summed E-state index contributed by atoms with van der Waals surface area (Å²) in [6, 6.07) is 0.143. The highest BCUT2D eigenvalue weighted by Crippen LogP contribution is 2.43. The summed E-state index contributed by atoms with van der Waals surface area (Å²) in [4.78, 5) is 22.8. The van der Waals surface area contributed by atoms with Gasteiger partial charge in [0, 0.05) is 12.6 Å². The SMILES string of the molecule is CC1CCC(NC(=O)NCC2(CC(=O)O)CCC2)CC1. The summed E-state index contributed by atoms with van der Waals surface area (Å²) in [6.07, 6.45) is 7.48. The summed E-state index contributed by atoms with van der Waals surface area (Å²) in [7, 11) is 0. The van der Waals surface area contributed by atoms with Crippen LogP contribution in [-0.4, -0.2) is 29.7 Å². The van der Waals surface area contributed by atoms with E-state index in [-0.39, 0.29) is 23.9 Å². The van der Waals surface area contributed by atoms with E-state index >= 15 is 0 Å². The van der Waals surface area contributed by atoms with Gasteiger partial charge in [-0.25, -0.2) is 4.79 Å². The van der Waals surface area contributed by atoms with Gasteiger partial charge in [-0.1, -0.05) is 13.3 Å². The summed E-state index contributed by atoms with van der Waals surface area (Å²) in [5, 5.41) is 14.8. The van der Waals surface area contributed by atoms with Crippen LogP contribution in [0.25, 0.3) is 0 Å². The molecule has 2 saturated carbocycles. The number of aliphatic carboxylic acids is 1. The van der Waals surface area contributed by atoms with Gasteiger partial charge in [0.1, 0.15) is 0 Å². The highest BCUT2D eigenvalue weighted by molar-refractivity contribution is 5.74. The van der Waals surface area contributed by atoms with Crippen LogP contribution in [0.3, 0.4) is 0 Å². The molecule has 2 rings (SSSR count). The largest absolute Gasteiger partial charge is 0.481 e. The molecule has 0 aromatic rings. The van der Waals surface area contributed by atoms with E-state index in [1.807, 2.05) is 0 Å². The van der Waals surface area contributed by atoms with Gasteiger partial charge in [-0.05, 0) is 49.9 Å². The zero-order valence-corrected chi connectivity index (χ0v) is 12.3. The number of amides is 2. The molecule has 2 amide bonds. The van der Waals surface area contributed by atoms with Gasteiger partial charge < -0.3 is 15.7 Å². The molecule has 20 heavy (non-hydrogen) atoms. The molecule has 0 unspecified atom stereocenters. The molecule has 2 aliphatic carbocycles. The highest BCUT2D eigenvalue weighted by Gasteiger charge is 2.39. The minimum Gasteiger partial charge on any atom is -0.481 e. The van der Waals surface area contributed by atoms with Gasteiger partial charge in [-0.3, -0.25) is 4.79 Å². The van der Waals surface area contributed by atoms with Gasteiger partial charge in [0.2, 0.25) is 0 Å². The van der Waals surface area contributed by atoms with E-state index in [2.05, 4.69) is 17.6 Å². The second kappa shape index (κ2) is 6.46. The number of urea groups is 1. The molecule has 0 bridgehead atoms. The van der Waals surface area contributed by atoms with E-state index in [0.717, 1.165) is 38.0 Å². The van der Waals surface area contributed by atoms with Crippen LogP contribution in [-0.2, 0) is 4.79 Å². The fourth-order valence-corrected chi connectivity index (χ4v) is 3.32. The monoisotopic (exact) mass is 282 g/mol. The van der Waals surface area contributed by atoms with Crippen molar-refractivity contribution < 1.29 is 14.7 Å². The number of carboxylic acid groups (broad SMARTS) is 1. The number of carbonyl (C=O) groups excluding carboxylic acids is 1. The van der Waals surface area contributed by atoms with Gasteiger partial charge in [-0.15, -0.1) is 0 Å². The third kappa shape index (κ3) is 4.12. The fraction of sp³-hybridized carbons (Fsp3) is 0.867. The van der Waals surface area contributed by atoms with Crippen LogP contribution in [0.15, 0.2) is 0 Å². The number of rotatable bonds is 5. The molecule has 2 aliphatic rings. The molecular formula is C15H26N2O3. The second-order valence-corrected chi connectivity index (χ2v) is 6.71. The van der Waals surface area contributed by atoms with Gasteiger partial charge in [0.15, 0.2) is 0 Å². The molecule has 5 nitrogen and oxygen atoms in total. The summed E-state index contributed by atoms with van der Waals surface area (Å²) in [5.41, 5.74) is -0.204. The lowest BCUT2D eigenvalue weighted by molar-refractivity contribution is -0.141. The molecule has 5 heteroatoms. The van der Waals surface area contributed by atoms with Crippen LogP contribution in [0.2, 0.25) is 0 Å². The normalized spacial score (nSPS) is 28.2. The maximum absolute atomic E-state index is 11.9. The van der Waals surface area contributed by atoms with Crippen molar-refractivity contribution in [3.05, 3.63) is 0 Å². The van der Waals surface area contributed by atoms with Crippen LogP contribution < -0.4 is 10.6 Å². The maximum Gasteiger partial charge on any atom is 0.315 e. The third-order valence-corrected chi connectivity index (χ3v) is 4.92. The Labute approximate surface area is 120 Å². The summed E-state index contributed by atoms with van der Waals surface area (Å²) in [5.74, 6) is -0.00176. The number of hydrogen-bond acceptors (Lipinski definition) is 2. The van der Waals surface area contributed by atoms with Crippen LogP contribution >= 0.6 is 0 Å². The third-order valence-electron chi connectivity index (χ3n) is 4.92. The van der Waals surface area contributed by atoms with E-state index < -0.39 is 5.97 Å². The lowest BCUT2D eigenvalue weighted by Crippen LogP contribution is -2.49. The predicted octanol–water partition coefficient (Wildman–Crippen LogP) is 2.51. The zero-order valence-electron chi connectivity index (χ0n) is 12.3. The van der Waals surface area contributed by atoms with Crippen LogP contribution in [0, 0.1) is 11.3 Å². The molecule has 114 valence electrons. The molecule has 0 aromatic carbocycles. The highest BCUT2D eigenvalue weighted by atomic mass is 16.4. The average Bonchev–Trinajstić information content (AvgIpc) is 2.35. The Morgan fingerprint density at radius 3 is 2.35 bits per heavy atom. The van der Waals surface area contributed by atoms with Crippen molar-refractivity contribution in [1.82, 2.24) is 10.6 Å². The standard InChI is InChI=1S/C15H26N2O3/c1-11-3-5-12(6-4-11)17-14(20)16-10-15(7-2-8-15)9-13(18)19/h11-12H,2-10H2,1H3,(H,18,19)(H2,16,17,20). The number of carbonyl (C=O) groups is 2. The molecule has 0 aliphatic heterocycles. The molecule has 2 fully saturated rings. The Bertz CT molecular complexity index is 358. The first-order chi connectivity index (χ1) is 9.49. The molecular weight excluding hydrogens is 256 g/mol. The number of nitrogens with one attached hydrogen (secondary N) is 2. The Hall–Kier alpha value is -1.26. The van der Waals surface area contributed by atoms with Crippen LogP contribution in [0.1, 0.15) is 58.3 Å². The Balaban J connectivity index is 1.70. The Morgan fingerprint density at radius 1 is 1.20 bits per heavy atom. The van der Waals surface area contributed by atoms with Crippen molar-refractivity contribution in [2.75, 3.05) is 6.54 Å². The van der Waals surface area contributed by atoms with Crippen molar-refractivity contribution in [3.8, 4) is 0 Å². The lowest BCUT2D eigenvalue weighted by Gasteiger charge is -2.41. The maximum atomic E-state index is 11.9. The fourth-order valence-electron chi connectivity index (χ4n) is 3.32. The van der Waals surface area contributed by atoms with Crippen LogP contribution in [0.5, 0.6) is 0 Å². The minimum absolute atomic E-state index is 0.138. The van der Waals surface area contributed by atoms with Crippen molar-refractivity contribution in [3.63, 3.8) is 0 Å². The molecule has 0 atom stereocenters. The van der Waals surface area contributed by atoms with E-state index in [1.165, 1.54) is 12.8 Å². The smallest absolute Gasteiger partial charge is 0.315 e. The molecule has 0 heterocycles. The Morgan fingerprint density at radius 2 is 1.85 bits per heavy atom. The molecule has 3 N–H and O–H groups in total. The van der Waals surface area contributed by atoms with E-state index in [9.17, 15) is 9.59 Å². The average molecular weight is 282 g/mol. The summed E-state index contributed by atoms with van der Waals surface area (Å²) >= 11 is 0. The van der Waals surface area contributed by atoms with Gasteiger partial charge in [0.25, 0.3) is 0 Å². The van der Waals surface area contributed by atoms with Crippen molar-refractivity contribution in [1.29, 1.82) is 0 Å². The number of carboxylic acids is 1. The van der Waals surface area contributed by atoms with Crippen molar-refractivity contribution in [2.24, 2.45) is 11.3 Å². The lowest BCUT2D eigenvalue weighted by atomic mass is 9.66. The molecule has 0 aromatic heterocycles. The summed E-state index contributed by atoms with van der Waals surface area (Å²) < 4.78 is 0. The van der Waals surface area contributed by atoms with Gasteiger partial charge in [0.05, 0.1) is 6.42 Å². The summed E-state index contributed by atoms with van der Waals surface area (Å²) in [6.45, 7) is 2.73. The topological polar surface area (TPSA) is 78.4 Å². The Kier molecular flexibility index (Phi) is 4.89.